The topological polar surface area (TPSA) is 104 Å². The highest BCUT2D eigenvalue weighted by Gasteiger charge is 2.18. The van der Waals surface area contributed by atoms with Crippen LogP contribution in [-0.4, -0.2) is 23.0 Å². The molecule has 0 saturated heterocycles. The van der Waals surface area contributed by atoms with E-state index in [1.807, 2.05) is 0 Å². The van der Waals surface area contributed by atoms with Crippen LogP contribution < -0.4 is 16.2 Å². The van der Waals surface area contributed by atoms with E-state index in [-0.39, 0.29) is 22.4 Å². The van der Waals surface area contributed by atoms with Crippen LogP contribution in [0, 0.1) is 0 Å². The van der Waals surface area contributed by atoms with Gasteiger partial charge in [-0.25, -0.2) is 9.97 Å². The van der Waals surface area contributed by atoms with Gasteiger partial charge in [-0.05, 0) is 12.1 Å². The number of hydrogen-bond donors (Lipinski definition) is 2. The Morgan fingerprint density at radius 2 is 2.11 bits per heavy atom. The van der Waals surface area contributed by atoms with Gasteiger partial charge in [0.1, 0.15) is 16.5 Å². The number of ether oxygens (including phenoxy) is 1. The average Bonchev–Trinajstić information content (AvgIpc) is 2.37. The minimum Gasteiger partial charge on any atom is -0.497 e. The van der Waals surface area contributed by atoms with Gasteiger partial charge >= 0.3 is 0 Å². The summed E-state index contributed by atoms with van der Waals surface area (Å²) in [6.45, 7) is 0. The van der Waals surface area contributed by atoms with Crippen molar-refractivity contribution in [2.75, 3.05) is 12.8 Å². The summed E-state index contributed by atoms with van der Waals surface area (Å²) in [4.78, 5) is 19.2. The van der Waals surface area contributed by atoms with Crippen LogP contribution >= 0.6 is 11.6 Å². The summed E-state index contributed by atoms with van der Waals surface area (Å²) in [6.07, 6.45) is 0. The summed E-state index contributed by atoms with van der Waals surface area (Å²) in [6, 6.07) is 6.96. The summed E-state index contributed by atoms with van der Waals surface area (Å²) in [7, 11) is 1.54. The minimum atomic E-state index is -0.720. The lowest BCUT2D eigenvalue weighted by atomic mass is 10.1. The van der Waals surface area contributed by atoms with E-state index in [9.17, 15) is 4.79 Å². The second-order valence-electron chi connectivity index (χ2n) is 3.69. The van der Waals surface area contributed by atoms with Gasteiger partial charge in [0.25, 0.3) is 5.91 Å². The summed E-state index contributed by atoms with van der Waals surface area (Å²) in [5.74, 6) is -0.142. The maximum absolute atomic E-state index is 11.5. The van der Waals surface area contributed by atoms with Gasteiger partial charge in [0, 0.05) is 5.56 Å². The van der Waals surface area contributed by atoms with E-state index < -0.39 is 5.91 Å². The van der Waals surface area contributed by atoms with E-state index in [2.05, 4.69) is 9.97 Å². The normalized spacial score (nSPS) is 10.2. The molecule has 2 rings (SSSR count). The summed E-state index contributed by atoms with van der Waals surface area (Å²) >= 11 is 5.89. The lowest BCUT2D eigenvalue weighted by molar-refractivity contribution is 0.100. The van der Waals surface area contributed by atoms with Crippen molar-refractivity contribution in [1.82, 2.24) is 9.97 Å². The zero-order valence-corrected chi connectivity index (χ0v) is 10.8. The van der Waals surface area contributed by atoms with Crippen molar-refractivity contribution in [2.45, 2.75) is 0 Å². The maximum Gasteiger partial charge on any atom is 0.254 e. The first-order chi connectivity index (χ1) is 9.02. The molecule has 2 aromatic rings. The lowest BCUT2D eigenvalue weighted by Gasteiger charge is -2.09. The molecule has 0 spiro atoms. The van der Waals surface area contributed by atoms with Crippen molar-refractivity contribution >= 4 is 23.5 Å². The van der Waals surface area contributed by atoms with E-state index in [4.69, 9.17) is 27.8 Å². The standard InChI is InChI=1S/C12H11ClN4O2/c1-19-7-4-2-3-6(5-7)9-8(11(14)18)10(13)17-12(15)16-9/h2-5H,1H3,(H2,14,18)(H2,15,16,17). The third-order valence-corrected chi connectivity index (χ3v) is 2.75. The first-order valence-electron chi connectivity index (χ1n) is 5.30. The number of hydrogen-bond acceptors (Lipinski definition) is 5. The maximum atomic E-state index is 11.5. The van der Waals surface area contributed by atoms with E-state index in [1.165, 1.54) is 7.11 Å². The van der Waals surface area contributed by atoms with Gasteiger partial charge in [-0.3, -0.25) is 4.79 Å². The number of rotatable bonds is 3. The number of nitrogen functional groups attached to an aromatic ring is 1. The van der Waals surface area contributed by atoms with Gasteiger partial charge in [-0.15, -0.1) is 0 Å². The van der Waals surface area contributed by atoms with Crippen LogP contribution in [0.15, 0.2) is 24.3 Å². The van der Waals surface area contributed by atoms with Crippen molar-refractivity contribution in [1.29, 1.82) is 0 Å². The first-order valence-corrected chi connectivity index (χ1v) is 5.68. The predicted molar refractivity (Wildman–Crippen MR) is 72.0 cm³/mol. The quantitative estimate of drug-likeness (QED) is 0.828. The highest BCUT2D eigenvalue weighted by atomic mass is 35.5. The van der Waals surface area contributed by atoms with Gasteiger partial charge in [-0.2, -0.15) is 0 Å². The number of nitrogens with zero attached hydrogens (tertiary/aromatic N) is 2. The lowest BCUT2D eigenvalue weighted by Crippen LogP contribution is -2.16. The second-order valence-corrected chi connectivity index (χ2v) is 4.05. The average molecular weight is 279 g/mol. The van der Waals surface area contributed by atoms with Crippen LogP contribution in [0.3, 0.4) is 0 Å². The molecule has 0 saturated carbocycles. The number of methoxy groups -OCH3 is 1. The molecule has 0 atom stereocenters. The van der Waals surface area contributed by atoms with Gasteiger partial charge < -0.3 is 16.2 Å². The SMILES string of the molecule is COc1cccc(-c2nc(N)nc(Cl)c2C(N)=O)c1. The van der Waals surface area contributed by atoms with Crippen LogP contribution in [0.1, 0.15) is 10.4 Å². The molecule has 6 nitrogen and oxygen atoms in total. The number of halogens is 1. The minimum absolute atomic E-state index is 0.0316. The molecule has 1 amide bonds. The summed E-state index contributed by atoms with van der Waals surface area (Å²) < 4.78 is 5.11. The van der Waals surface area contributed by atoms with E-state index in [1.54, 1.807) is 24.3 Å². The smallest absolute Gasteiger partial charge is 0.254 e. The molecule has 7 heteroatoms. The van der Waals surface area contributed by atoms with Crippen molar-refractivity contribution in [3.63, 3.8) is 0 Å². The molecule has 0 aliphatic heterocycles. The Balaban J connectivity index is 2.69. The number of carbonyl (C=O) groups is 1. The van der Waals surface area contributed by atoms with Crippen LogP contribution in [-0.2, 0) is 0 Å². The number of aromatic nitrogens is 2. The van der Waals surface area contributed by atoms with Crippen molar-refractivity contribution in [3.8, 4) is 17.0 Å². The molecule has 1 aromatic heterocycles. The fourth-order valence-corrected chi connectivity index (χ4v) is 1.92. The van der Waals surface area contributed by atoms with Crippen LogP contribution in [0.5, 0.6) is 5.75 Å². The number of benzene rings is 1. The van der Waals surface area contributed by atoms with Gasteiger partial charge in [0.2, 0.25) is 5.95 Å². The van der Waals surface area contributed by atoms with E-state index in [0.717, 1.165) is 0 Å². The Morgan fingerprint density at radius 1 is 1.37 bits per heavy atom. The number of anilines is 1. The zero-order valence-electron chi connectivity index (χ0n) is 10.1. The van der Waals surface area contributed by atoms with Crippen LogP contribution in [0.25, 0.3) is 11.3 Å². The van der Waals surface area contributed by atoms with E-state index >= 15 is 0 Å². The fourth-order valence-electron chi connectivity index (χ4n) is 1.65. The Bertz CT molecular complexity index is 646. The molecule has 0 bridgehead atoms. The van der Waals surface area contributed by atoms with Crippen molar-refractivity contribution < 1.29 is 9.53 Å². The first kappa shape index (κ1) is 13.1. The number of amides is 1. The molecule has 1 aromatic carbocycles. The molecule has 98 valence electrons. The van der Waals surface area contributed by atoms with Gasteiger partial charge in [0.15, 0.2) is 0 Å². The molecular weight excluding hydrogens is 268 g/mol. The Morgan fingerprint density at radius 3 is 2.74 bits per heavy atom. The second kappa shape index (κ2) is 5.11. The molecule has 4 N–H and O–H groups in total. The Hall–Kier alpha value is -2.34. The Labute approximate surface area is 114 Å². The number of carbonyl (C=O) groups excluding carboxylic acids is 1. The molecule has 0 unspecified atom stereocenters. The van der Waals surface area contributed by atoms with Crippen molar-refractivity contribution in [2.24, 2.45) is 5.73 Å². The monoisotopic (exact) mass is 278 g/mol. The molecule has 0 radical (unpaired) electrons. The zero-order chi connectivity index (χ0) is 14.0. The highest BCUT2D eigenvalue weighted by molar-refractivity contribution is 6.33. The van der Waals surface area contributed by atoms with Gasteiger partial charge in [-0.1, -0.05) is 23.7 Å². The molecule has 0 fully saturated rings. The third-order valence-electron chi connectivity index (χ3n) is 2.47. The highest BCUT2D eigenvalue weighted by Crippen LogP contribution is 2.29. The molecule has 1 heterocycles. The summed E-state index contributed by atoms with van der Waals surface area (Å²) in [5.41, 5.74) is 11.8. The number of primary amides is 1. The predicted octanol–water partition coefficient (Wildman–Crippen LogP) is 1.49. The third kappa shape index (κ3) is 2.58. The Kier molecular flexibility index (Phi) is 3.52. The van der Waals surface area contributed by atoms with Gasteiger partial charge in [0.05, 0.1) is 12.8 Å². The number of nitrogens with two attached hydrogens (primary N) is 2. The van der Waals surface area contributed by atoms with Crippen molar-refractivity contribution in [3.05, 3.63) is 35.0 Å². The molecular formula is C12H11ClN4O2. The molecule has 19 heavy (non-hydrogen) atoms. The fraction of sp³-hybridized carbons (Fsp3) is 0.0833. The molecule has 0 aliphatic rings. The van der Waals surface area contributed by atoms with E-state index in [0.29, 0.717) is 11.3 Å². The largest absolute Gasteiger partial charge is 0.497 e. The van der Waals surface area contributed by atoms with Crippen LogP contribution in [0.4, 0.5) is 5.95 Å². The summed E-state index contributed by atoms with van der Waals surface area (Å²) in [5, 5.41) is -0.0715. The molecule has 0 aliphatic carbocycles. The van der Waals surface area contributed by atoms with Crippen LogP contribution in [0.2, 0.25) is 5.15 Å².